The fraction of sp³-hybridized carbons (Fsp3) is 0.286. The molecule has 0 fully saturated rings. The summed E-state index contributed by atoms with van der Waals surface area (Å²) >= 11 is 0. The summed E-state index contributed by atoms with van der Waals surface area (Å²) in [6, 6.07) is 19.9. The SMILES string of the molecule is CCN(CC)c1ccc(C=Nc2nc(C#N)c(/N=C/c3ccc(N(CC)CC)cc3)nc2C#N)cc1. The van der Waals surface area contributed by atoms with Crippen molar-refractivity contribution in [3.63, 3.8) is 0 Å². The smallest absolute Gasteiger partial charge is 0.190 e. The Morgan fingerprint density at radius 3 is 1.25 bits per heavy atom. The number of aliphatic imine (C=N–C) groups is 2. The summed E-state index contributed by atoms with van der Waals surface area (Å²) in [5.41, 5.74) is 3.98. The number of anilines is 2. The number of benzene rings is 2. The van der Waals surface area contributed by atoms with Crippen molar-refractivity contribution in [2.75, 3.05) is 36.0 Å². The van der Waals surface area contributed by atoms with E-state index in [2.05, 4.69) is 57.4 Å². The van der Waals surface area contributed by atoms with Crippen LogP contribution < -0.4 is 9.80 Å². The van der Waals surface area contributed by atoms with E-state index in [-0.39, 0.29) is 23.0 Å². The topological polar surface area (TPSA) is 105 Å². The lowest BCUT2D eigenvalue weighted by atomic mass is 10.2. The molecule has 0 N–H and O–H groups in total. The van der Waals surface area contributed by atoms with Gasteiger partial charge in [-0.2, -0.15) is 10.5 Å². The molecule has 0 spiro atoms. The summed E-state index contributed by atoms with van der Waals surface area (Å²) in [5.74, 6) is 0.175. The predicted molar refractivity (Wildman–Crippen MR) is 146 cm³/mol. The molecule has 0 aliphatic rings. The van der Waals surface area contributed by atoms with Crippen LogP contribution in [0.1, 0.15) is 50.2 Å². The Bertz CT molecular complexity index is 1180. The third kappa shape index (κ3) is 6.31. The monoisotopic (exact) mass is 478 g/mol. The Labute approximate surface area is 212 Å². The van der Waals surface area contributed by atoms with Gasteiger partial charge in [-0.3, -0.25) is 0 Å². The highest BCUT2D eigenvalue weighted by Crippen LogP contribution is 2.22. The van der Waals surface area contributed by atoms with Crippen molar-refractivity contribution in [3.05, 3.63) is 71.0 Å². The lowest BCUT2D eigenvalue weighted by Crippen LogP contribution is -2.21. The van der Waals surface area contributed by atoms with E-state index in [1.54, 1.807) is 12.4 Å². The number of rotatable bonds is 10. The summed E-state index contributed by atoms with van der Waals surface area (Å²) in [6.07, 6.45) is 3.22. The van der Waals surface area contributed by atoms with E-state index in [0.29, 0.717) is 0 Å². The van der Waals surface area contributed by atoms with E-state index in [1.165, 1.54) is 0 Å². The minimum absolute atomic E-state index is 0.00837. The van der Waals surface area contributed by atoms with Gasteiger partial charge in [0.05, 0.1) is 0 Å². The molecule has 3 rings (SSSR count). The molecule has 0 amide bonds. The van der Waals surface area contributed by atoms with Crippen LogP contribution in [-0.2, 0) is 0 Å². The van der Waals surface area contributed by atoms with Gasteiger partial charge in [0, 0.05) is 50.0 Å². The van der Waals surface area contributed by atoms with Crippen molar-refractivity contribution in [3.8, 4) is 12.1 Å². The molecule has 3 aromatic rings. The van der Waals surface area contributed by atoms with Crippen LogP contribution in [0.4, 0.5) is 23.0 Å². The van der Waals surface area contributed by atoms with Gasteiger partial charge in [-0.05, 0) is 63.1 Å². The van der Waals surface area contributed by atoms with E-state index in [4.69, 9.17) is 0 Å². The van der Waals surface area contributed by atoms with E-state index in [1.807, 2.05) is 60.7 Å². The molecular formula is C28H30N8. The second-order valence-corrected chi connectivity index (χ2v) is 7.84. The van der Waals surface area contributed by atoms with Crippen LogP contribution in [-0.4, -0.2) is 48.6 Å². The van der Waals surface area contributed by atoms with Crippen molar-refractivity contribution in [1.29, 1.82) is 10.5 Å². The number of hydrogen-bond acceptors (Lipinski definition) is 8. The standard InChI is InChI=1S/C28H30N8/c1-5-35(6-2)23-13-9-21(10-14-23)19-31-27-25(17-29)34-28(26(18-30)33-27)32-20-22-11-15-24(16-12-22)36(7-3)8-4/h9-16,19-20H,5-8H2,1-4H3/b31-19+,32-20?. The number of aromatic nitrogens is 2. The molecule has 0 unspecified atom stereocenters. The minimum Gasteiger partial charge on any atom is -0.372 e. The number of nitrogens with zero attached hydrogens (tertiary/aromatic N) is 8. The maximum atomic E-state index is 9.60. The van der Waals surface area contributed by atoms with Gasteiger partial charge in [-0.15, -0.1) is 0 Å². The second-order valence-electron chi connectivity index (χ2n) is 7.84. The zero-order chi connectivity index (χ0) is 25.9. The maximum Gasteiger partial charge on any atom is 0.190 e. The minimum atomic E-state index is 0.00837. The lowest BCUT2D eigenvalue weighted by Gasteiger charge is -2.20. The molecule has 1 heterocycles. The first kappa shape index (κ1) is 26.1. The van der Waals surface area contributed by atoms with Gasteiger partial charge >= 0.3 is 0 Å². The molecule has 36 heavy (non-hydrogen) atoms. The van der Waals surface area contributed by atoms with E-state index >= 15 is 0 Å². The Morgan fingerprint density at radius 2 is 0.972 bits per heavy atom. The summed E-state index contributed by atoms with van der Waals surface area (Å²) in [7, 11) is 0. The molecule has 0 atom stereocenters. The lowest BCUT2D eigenvalue weighted by molar-refractivity contribution is 0.866. The molecule has 0 radical (unpaired) electrons. The van der Waals surface area contributed by atoms with Crippen LogP contribution in [0, 0.1) is 22.7 Å². The highest BCUT2D eigenvalue weighted by atomic mass is 15.1. The molecule has 0 bridgehead atoms. The number of nitriles is 2. The molecule has 0 saturated carbocycles. The van der Waals surface area contributed by atoms with Crippen molar-refractivity contribution in [2.45, 2.75) is 27.7 Å². The normalized spacial score (nSPS) is 10.9. The maximum absolute atomic E-state index is 9.60. The molecule has 0 aliphatic carbocycles. The molecule has 8 nitrogen and oxygen atoms in total. The summed E-state index contributed by atoms with van der Waals surface area (Å²) in [5, 5.41) is 19.2. The van der Waals surface area contributed by atoms with E-state index in [9.17, 15) is 10.5 Å². The molecule has 0 aliphatic heterocycles. The van der Waals surface area contributed by atoms with Gasteiger partial charge in [0.25, 0.3) is 0 Å². The molecular weight excluding hydrogens is 448 g/mol. The summed E-state index contributed by atoms with van der Waals surface area (Å²) in [4.78, 5) is 21.7. The molecule has 182 valence electrons. The molecule has 2 aromatic carbocycles. The predicted octanol–water partition coefficient (Wildman–Crippen LogP) is 5.41. The molecule has 1 aromatic heterocycles. The highest BCUT2D eigenvalue weighted by Gasteiger charge is 2.12. The van der Waals surface area contributed by atoms with E-state index in [0.717, 1.165) is 48.7 Å². The van der Waals surface area contributed by atoms with Crippen molar-refractivity contribution < 1.29 is 0 Å². The first-order valence-corrected chi connectivity index (χ1v) is 12.1. The van der Waals surface area contributed by atoms with Crippen LogP contribution in [0.25, 0.3) is 0 Å². The number of hydrogen-bond donors (Lipinski definition) is 0. The van der Waals surface area contributed by atoms with Crippen LogP contribution in [0.15, 0.2) is 58.5 Å². The van der Waals surface area contributed by atoms with Crippen LogP contribution >= 0.6 is 0 Å². The average molecular weight is 479 g/mol. The first-order valence-electron chi connectivity index (χ1n) is 12.1. The first-order chi connectivity index (χ1) is 17.6. The molecule has 0 saturated heterocycles. The second kappa shape index (κ2) is 12.8. The average Bonchev–Trinajstić information content (AvgIpc) is 2.93. The quantitative estimate of drug-likeness (QED) is 0.361. The van der Waals surface area contributed by atoms with Gasteiger partial charge in [-0.25, -0.2) is 20.0 Å². The fourth-order valence-electron chi connectivity index (χ4n) is 3.74. The highest BCUT2D eigenvalue weighted by molar-refractivity contribution is 5.84. The summed E-state index contributed by atoms with van der Waals surface area (Å²) < 4.78 is 0. The Kier molecular flexibility index (Phi) is 9.25. The van der Waals surface area contributed by atoms with Gasteiger partial charge in [0.1, 0.15) is 12.1 Å². The van der Waals surface area contributed by atoms with Crippen molar-refractivity contribution >= 4 is 35.4 Å². The fourth-order valence-corrected chi connectivity index (χ4v) is 3.74. The van der Waals surface area contributed by atoms with Gasteiger partial charge in [0.15, 0.2) is 23.0 Å². The van der Waals surface area contributed by atoms with Crippen molar-refractivity contribution in [2.24, 2.45) is 9.98 Å². The van der Waals surface area contributed by atoms with Gasteiger partial charge in [-0.1, -0.05) is 24.3 Å². The van der Waals surface area contributed by atoms with Crippen LogP contribution in [0.5, 0.6) is 0 Å². The van der Waals surface area contributed by atoms with Crippen LogP contribution in [0.2, 0.25) is 0 Å². The third-order valence-electron chi connectivity index (χ3n) is 5.79. The van der Waals surface area contributed by atoms with Gasteiger partial charge in [0.2, 0.25) is 0 Å². The van der Waals surface area contributed by atoms with Crippen LogP contribution in [0.3, 0.4) is 0 Å². The zero-order valence-corrected chi connectivity index (χ0v) is 21.2. The zero-order valence-electron chi connectivity index (χ0n) is 21.2. The largest absolute Gasteiger partial charge is 0.372 e. The third-order valence-corrected chi connectivity index (χ3v) is 5.79. The van der Waals surface area contributed by atoms with Gasteiger partial charge < -0.3 is 9.80 Å². The molecule has 8 heteroatoms. The van der Waals surface area contributed by atoms with E-state index < -0.39 is 0 Å². The Balaban J connectivity index is 1.83. The Hall–Kier alpha value is -4.56. The Morgan fingerprint density at radius 1 is 0.639 bits per heavy atom. The van der Waals surface area contributed by atoms with Crippen molar-refractivity contribution in [1.82, 2.24) is 9.97 Å². The summed E-state index contributed by atoms with van der Waals surface area (Å²) in [6.45, 7) is 12.2.